The third-order valence-electron chi connectivity index (χ3n) is 1.03. The first kappa shape index (κ1) is 9.36. The molecule has 0 spiro atoms. The van der Waals surface area contributed by atoms with Crippen LogP contribution >= 0.6 is 0 Å². The second-order valence-electron chi connectivity index (χ2n) is 1.91. The molecule has 0 aliphatic heterocycles. The summed E-state index contributed by atoms with van der Waals surface area (Å²) in [5.74, 6) is -0.263. The molecule has 1 atom stereocenters. The second kappa shape index (κ2) is 5.17. The number of halogens is 1. The standard InChI is InChI=1S/C6H12FNO2/c1-2-5(9)8-6(10)3-4-7/h6,10H,2-4H2,1H3,(H,8,9). The molecule has 4 heteroatoms. The third kappa shape index (κ3) is 4.26. The minimum absolute atomic E-state index is 0.0360. The van der Waals surface area contributed by atoms with E-state index in [1.165, 1.54) is 0 Å². The van der Waals surface area contributed by atoms with Crippen LogP contribution < -0.4 is 5.32 Å². The van der Waals surface area contributed by atoms with Crippen molar-refractivity contribution in [1.29, 1.82) is 0 Å². The lowest BCUT2D eigenvalue weighted by Gasteiger charge is -2.08. The van der Waals surface area contributed by atoms with Crippen molar-refractivity contribution < 1.29 is 14.3 Å². The van der Waals surface area contributed by atoms with Crippen LogP contribution in [0.25, 0.3) is 0 Å². The van der Waals surface area contributed by atoms with Crippen molar-refractivity contribution in [3.05, 3.63) is 0 Å². The fraction of sp³-hybridized carbons (Fsp3) is 0.833. The van der Waals surface area contributed by atoms with E-state index in [4.69, 9.17) is 5.11 Å². The van der Waals surface area contributed by atoms with Crippen molar-refractivity contribution in [2.45, 2.75) is 26.0 Å². The van der Waals surface area contributed by atoms with E-state index >= 15 is 0 Å². The quantitative estimate of drug-likeness (QED) is 0.560. The SMILES string of the molecule is CCC(=O)NC(O)CCF. The molecular weight excluding hydrogens is 137 g/mol. The van der Waals surface area contributed by atoms with Crippen LogP contribution in [-0.4, -0.2) is 23.9 Å². The third-order valence-corrected chi connectivity index (χ3v) is 1.03. The summed E-state index contributed by atoms with van der Waals surface area (Å²) >= 11 is 0. The lowest BCUT2D eigenvalue weighted by molar-refractivity contribution is -0.123. The van der Waals surface area contributed by atoms with E-state index in [-0.39, 0.29) is 12.3 Å². The predicted molar refractivity (Wildman–Crippen MR) is 35.0 cm³/mol. The van der Waals surface area contributed by atoms with Gasteiger partial charge in [-0.05, 0) is 0 Å². The number of carbonyl (C=O) groups excluding carboxylic acids is 1. The second-order valence-corrected chi connectivity index (χ2v) is 1.91. The van der Waals surface area contributed by atoms with Crippen LogP contribution in [0.4, 0.5) is 4.39 Å². The van der Waals surface area contributed by atoms with Crippen molar-refractivity contribution in [3.63, 3.8) is 0 Å². The summed E-state index contributed by atoms with van der Waals surface area (Å²) in [6.45, 7) is 1.04. The van der Waals surface area contributed by atoms with Gasteiger partial charge in [0.05, 0.1) is 6.67 Å². The average Bonchev–Trinajstić information content (AvgIpc) is 1.88. The number of hydrogen-bond donors (Lipinski definition) is 2. The molecule has 0 aromatic carbocycles. The largest absolute Gasteiger partial charge is 0.374 e. The Hall–Kier alpha value is -0.640. The molecule has 0 bridgehead atoms. The van der Waals surface area contributed by atoms with Crippen LogP contribution in [0.5, 0.6) is 0 Å². The minimum Gasteiger partial charge on any atom is -0.374 e. The molecule has 0 aliphatic rings. The summed E-state index contributed by atoms with van der Waals surface area (Å²) in [7, 11) is 0. The number of hydrogen-bond acceptors (Lipinski definition) is 2. The maximum absolute atomic E-state index is 11.5. The minimum atomic E-state index is -1.03. The van der Waals surface area contributed by atoms with E-state index in [9.17, 15) is 9.18 Å². The van der Waals surface area contributed by atoms with Crippen LogP contribution in [0.1, 0.15) is 19.8 Å². The van der Waals surface area contributed by atoms with Crippen molar-refractivity contribution >= 4 is 5.91 Å². The molecule has 3 nitrogen and oxygen atoms in total. The van der Waals surface area contributed by atoms with E-state index in [1.54, 1.807) is 6.92 Å². The topological polar surface area (TPSA) is 49.3 Å². The van der Waals surface area contributed by atoms with Gasteiger partial charge in [0.25, 0.3) is 0 Å². The summed E-state index contributed by atoms with van der Waals surface area (Å²) in [5.41, 5.74) is 0. The van der Waals surface area contributed by atoms with E-state index in [0.29, 0.717) is 6.42 Å². The van der Waals surface area contributed by atoms with Gasteiger partial charge in [-0.25, -0.2) is 0 Å². The van der Waals surface area contributed by atoms with Gasteiger partial charge >= 0.3 is 0 Å². The molecule has 1 amide bonds. The normalized spacial score (nSPS) is 12.7. The molecule has 0 saturated carbocycles. The average molecular weight is 149 g/mol. The number of aliphatic hydroxyl groups is 1. The number of amides is 1. The Labute approximate surface area is 59.2 Å². The van der Waals surface area contributed by atoms with E-state index < -0.39 is 12.9 Å². The molecular formula is C6H12FNO2. The van der Waals surface area contributed by atoms with Crippen molar-refractivity contribution in [2.24, 2.45) is 0 Å². The molecule has 0 aromatic heterocycles. The lowest BCUT2D eigenvalue weighted by Crippen LogP contribution is -2.34. The summed E-state index contributed by atoms with van der Waals surface area (Å²) < 4.78 is 11.5. The zero-order chi connectivity index (χ0) is 7.98. The number of aliphatic hydroxyl groups excluding tert-OH is 1. The van der Waals surface area contributed by atoms with Crippen molar-refractivity contribution in [3.8, 4) is 0 Å². The molecule has 60 valence electrons. The molecule has 0 rings (SSSR count). The predicted octanol–water partition coefficient (Wildman–Crippen LogP) is 0.191. The van der Waals surface area contributed by atoms with Crippen LogP contribution in [0.15, 0.2) is 0 Å². The molecule has 0 saturated heterocycles. The summed E-state index contributed by atoms with van der Waals surface area (Å²) in [6, 6.07) is 0. The molecule has 0 aliphatic carbocycles. The van der Waals surface area contributed by atoms with Gasteiger partial charge in [0, 0.05) is 12.8 Å². The maximum Gasteiger partial charge on any atom is 0.221 e. The first-order valence-corrected chi connectivity index (χ1v) is 3.24. The highest BCUT2D eigenvalue weighted by Gasteiger charge is 2.04. The molecule has 0 heterocycles. The monoisotopic (exact) mass is 149 g/mol. The van der Waals surface area contributed by atoms with Gasteiger partial charge in [0.15, 0.2) is 0 Å². The zero-order valence-electron chi connectivity index (χ0n) is 5.93. The van der Waals surface area contributed by atoms with Gasteiger partial charge in [-0.3, -0.25) is 9.18 Å². The molecule has 0 radical (unpaired) electrons. The van der Waals surface area contributed by atoms with Crippen LogP contribution in [0.2, 0.25) is 0 Å². The first-order valence-electron chi connectivity index (χ1n) is 3.24. The van der Waals surface area contributed by atoms with Crippen molar-refractivity contribution in [1.82, 2.24) is 5.32 Å². The van der Waals surface area contributed by atoms with Gasteiger partial charge in [-0.15, -0.1) is 0 Å². The van der Waals surface area contributed by atoms with E-state index in [1.807, 2.05) is 0 Å². The van der Waals surface area contributed by atoms with Gasteiger partial charge in [0.2, 0.25) is 5.91 Å². The maximum atomic E-state index is 11.5. The fourth-order valence-electron chi connectivity index (χ4n) is 0.463. The number of alkyl halides is 1. The van der Waals surface area contributed by atoms with Crippen molar-refractivity contribution in [2.75, 3.05) is 6.67 Å². The van der Waals surface area contributed by atoms with Gasteiger partial charge in [0.1, 0.15) is 6.23 Å². The van der Waals surface area contributed by atoms with Gasteiger partial charge in [-0.2, -0.15) is 0 Å². The molecule has 2 N–H and O–H groups in total. The Morgan fingerprint density at radius 3 is 2.80 bits per heavy atom. The van der Waals surface area contributed by atoms with E-state index in [2.05, 4.69) is 5.32 Å². The van der Waals surface area contributed by atoms with Crippen LogP contribution in [0.3, 0.4) is 0 Å². The number of carbonyl (C=O) groups is 1. The van der Waals surface area contributed by atoms with Gasteiger partial charge in [-0.1, -0.05) is 6.92 Å². The molecule has 1 unspecified atom stereocenters. The van der Waals surface area contributed by atoms with E-state index in [0.717, 1.165) is 0 Å². The molecule has 10 heavy (non-hydrogen) atoms. The number of nitrogens with one attached hydrogen (secondary N) is 1. The summed E-state index contributed by atoms with van der Waals surface area (Å²) in [5, 5.41) is 11.0. The summed E-state index contributed by atoms with van der Waals surface area (Å²) in [4.78, 5) is 10.5. The van der Waals surface area contributed by atoms with Gasteiger partial charge < -0.3 is 10.4 Å². The fourth-order valence-corrected chi connectivity index (χ4v) is 0.463. The van der Waals surface area contributed by atoms with Crippen LogP contribution in [-0.2, 0) is 4.79 Å². The lowest BCUT2D eigenvalue weighted by atomic mass is 10.4. The highest BCUT2D eigenvalue weighted by Crippen LogP contribution is 1.88. The smallest absolute Gasteiger partial charge is 0.221 e. The zero-order valence-corrected chi connectivity index (χ0v) is 5.93. The Balaban J connectivity index is 3.37. The number of rotatable bonds is 4. The highest BCUT2D eigenvalue weighted by atomic mass is 19.1. The first-order chi connectivity index (χ1) is 4.70. The Kier molecular flexibility index (Phi) is 4.84. The Morgan fingerprint density at radius 2 is 2.40 bits per heavy atom. The Morgan fingerprint density at radius 1 is 1.80 bits per heavy atom. The Bertz CT molecular complexity index is 108. The molecule has 0 aromatic rings. The molecule has 0 fully saturated rings. The highest BCUT2D eigenvalue weighted by molar-refractivity contribution is 5.75. The summed E-state index contributed by atoms with van der Waals surface area (Å²) in [6.07, 6.45) is -0.757. The van der Waals surface area contributed by atoms with Crippen LogP contribution in [0, 0.1) is 0 Å².